The van der Waals surface area contributed by atoms with Crippen LogP contribution in [0.15, 0.2) is 29.3 Å². The molecule has 25 heavy (non-hydrogen) atoms. The topological polar surface area (TPSA) is 70.6 Å². The number of sulfone groups is 1. The van der Waals surface area contributed by atoms with E-state index in [0.29, 0.717) is 25.5 Å². The molecule has 1 aromatic rings. The predicted octanol–water partition coefficient (Wildman–Crippen LogP) is 2.22. The summed E-state index contributed by atoms with van der Waals surface area (Å²) in [6.45, 7) is 3.16. The molecule has 1 unspecified atom stereocenters. The van der Waals surface area contributed by atoms with E-state index in [0.717, 1.165) is 18.4 Å². The maximum absolute atomic E-state index is 14.1. The molecule has 2 N–H and O–H groups in total. The van der Waals surface area contributed by atoms with Gasteiger partial charge in [0.25, 0.3) is 0 Å². The van der Waals surface area contributed by atoms with E-state index in [2.05, 4.69) is 15.6 Å². The largest absolute Gasteiger partial charge is 0.357 e. The van der Waals surface area contributed by atoms with Crippen molar-refractivity contribution >= 4 is 39.8 Å². The van der Waals surface area contributed by atoms with Crippen LogP contribution in [0.5, 0.6) is 0 Å². The number of hydrogen-bond acceptors (Lipinski definition) is 3. The molecule has 0 bridgehead atoms. The molecule has 1 aliphatic heterocycles. The van der Waals surface area contributed by atoms with Gasteiger partial charge in [0.15, 0.2) is 15.8 Å². The zero-order chi connectivity index (χ0) is 17.2. The molecule has 0 aromatic heterocycles. The number of rotatable bonds is 5. The first-order valence-electron chi connectivity index (χ1n) is 8.44. The number of guanidine groups is 1. The lowest BCUT2D eigenvalue weighted by Gasteiger charge is -2.18. The van der Waals surface area contributed by atoms with Gasteiger partial charge in [-0.2, -0.15) is 0 Å². The van der Waals surface area contributed by atoms with Crippen LogP contribution in [0.3, 0.4) is 0 Å². The number of hydrogen-bond donors (Lipinski definition) is 2. The van der Waals surface area contributed by atoms with Crippen molar-refractivity contribution in [2.45, 2.75) is 37.6 Å². The van der Waals surface area contributed by atoms with Gasteiger partial charge >= 0.3 is 0 Å². The van der Waals surface area contributed by atoms with Gasteiger partial charge in [-0.3, -0.25) is 4.99 Å². The lowest BCUT2D eigenvalue weighted by Crippen LogP contribution is -2.44. The Morgan fingerprint density at radius 2 is 2.08 bits per heavy atom. The van der Waals surface area contributed by atoms with Crippen LogP contribution < -0.4 is 10.6 Å². The van der Waals surface area contributed by atoms with Crippen LogP contribution in [-0.4, -0.2) is 45.0 Å². The fourth-order valence-electron chi connectivity index (χ4n) is 3.21. The zero-order valence-electron chi connectivity index (χ0n) is 14.3. The number of nitrogens with zero attached hydrogens (tertiary/aromatic N) is 1. The standard InChI is InChI=1S/C17H24FN3O2S.HI/c1-2-19-16(21-13-7-10-24(22,23)11-13)20-12-17(8-9-17)14-5-3-4-6-15(14)18;/h3-6,13H,2,7-12H2,1H3,(H2,19,20,21);1H. The van der Waals surface area contributed by atoms with E-state index < -0.39 is 9.84 Å². The third-order valence-electron chi connectivity index (χ3n) is 4.76. The first-order chi connectivity index (χ1) is 11.4. The van der Waals surface area contributed by atoms with E-state index in [1.165, 1.54) is 6.07 Å². The van der Waals surface area contributed by atoms with Crippen LogP contribution in [-0.2, 0) is 15.3 Å². The molecule has 1 aromatic carbocycles. The lowest BCUT2D eigenvalue weighted by molar-refractivity contribution is 0.570. The smallest absolute Gasteiger partial charge is 0.191 e. The van der Waals surface area contributed by atoms with Gasteiger partial charge in [0.05, 0.1) is 18.1 Å². The molecule has 0 radical (unpaired) electrons. The van der Waals surface area contributed by atoms with Crippen molar-refractivity contribution in [3.8, 4) is 0 Å². The molecule has 2 aliphatic rings. The van der Waals surface area contributed by atoms with Gasteiger partial charge in [-0.25, -0.2) is 12.8 Å². The molecule has 3 rings (SSSR count). The average Bonchev–Trinajstić information content (AvgIpc) is 3.24. The van der Waals surface area contributed by atoms with E-state index in [1.54, 1.807) is 6.07 Å². The van der Waals surface area contributed by atoms with Crippen LogP contribution in [0, 0.1) is 5.82 Å². The van der Waals surface area contributed by atoms with Crippen molar-refractivity contribution in [2.75, 3.05) is 24.6 Å². The fourth-order valence-corrected chi connectivity index (χ4v) is 4.88. The molecule has 1 atom stereocenters. The molecular weight excluding hydrogens is 456 g/mol. The van der Waals surface area contributed by atoms with E-state index >= 15 is 0 Å². The Bertz CT molecular complexity index is 735. The molecule has 8 heteroatoms. The maximum Gasteiger partial charge on any atom is 0.191 e. The Morgan fingerprint density at radius 3 is 2.64 bits per heavy atom. The van der Waals surface area contributed by atoms with E-state index in [1.807, 2.05) is 19.1 Å². The van der Waals surface area contributed by atoms with Crippen molar-refractivity contribution in [1.29, 1.82) is 0 Å². The van der Waals surface area contributed by atoms with Gasteiger partial charge in [-0.05, 0) is 37.8 Å². The highest BCUT2D eigenvalue weighted by Gasteiger charge is 2.45. The minimum atomic E-state index is -2.93. The van der Waals surface area contributed by atoms with Crippen molar-refractivity contribution in [3.05, 3.63) is 35.6 Å². The maximum atomic E-state index is 14.1. The average molecular weight is 481 g/mol. The molecule has 5 nitrogen and oxygen atoms in total. The summed E-state index contributed by atoms with van der Waals surface area (Å²) in [5.41, 5.74) is 0.517. The molecule has 1 saturated heterocycles. The van der Waals surface area contributed by atoms with Crippen LogP contribution >= 0.6 is 24.0 Å². The third-order valence-corrected chi connectivity index (χ3v) is 6.52. The number of halogens is 2. The van der Waals surface area contributed by atoms with Crippen LogP contribution in [0.1, 0.15) is 31.7 Å². The second kappa shape index (κ2) is 8.20. The Kier molecular flexibility index (Phi) is 6.69. The Balaban J connectivity index is 0.00000225. The zero-order valence-corrected chi connectivity index (χ0v) is 17.4. The monoisotopic (exact) mass is 481 g/mol. The van der Waals surface area contributed by atoms with Crippen LogP contribution in [0.2, 0.25) is 0 Å². The van der Waals surface area contributed by atoms with Crippen molar-refractivity contribution in [1.82, 2.24) is 10.6 Å². The normalized spacial score (nSPS) is 23.6. The molecule has 1 heterocycles. The van der Waals surface area contributed by atoms with Crippen LogP contribution in [0.25, 0.3) is 0 Å². The molecular formula is C17H25FIN3O2S. The highest BCUT2D eigenvalue weighted by molar-refractivity contribution is 14.0. The second-order valence-electron chi connectivity index (χ2n) is 6.70. The summed E-state index contributed by atoms with van der Waals surface area (Å²) in [7, 11) is -2.93. The summed E-state index contributed by atoms with van der Waals surface area (Å²) >= 11 is 0. The Hall–Kier alpha value is -0.900. The third kappa shape index (κ3) is 5.06. The Morgan fingerprint density at radius 1 is 1.36 bits per heavy atom. The molecule has 1 saturated carbocycles. The molecule has 2 fully saturated rings. The van der Waals surface area contributed by atoms with Crippen molar-refractivity contribution in [3.63, 3.8) is 0 Å². The highest BCUT2D eigenvalue weighted by Crippen LogP contribution is 2.49. The number of benzene rings is 1. The summed E-state index contributed by atoms with van der Waals surface area (Å²) in [6.07, 6.45) is 2.45. The fraction of sp³-hybridized carbons (Fsp3) is 0.588. The van der Waals surface area contributed by atoms with Gasteiger partial charge < -0.3 is 10.6 Å². The van der Waals surface area contributed by atoms with Crippen molar-refractivity contribution < 1.29 is 12.8 Å². The first kappa shape index (κ1) is 20.4. The molecule has 140 valence electrons. The van der Waals surface area contributed by atoms with Crippen molar-refractivity contribution in [2.24, 2.45) is 4.99 Å². The van der Waals surface area contributed by atoms with Gasteiger partial charge in [0.2, 0.25) is 0 Å². The lowest BCUT2D eigenvalue weighted by atomic mass is 9.95. The molecule has 1 aliphatic carbocycles. The molecule has 0 spiro atoms. The summed E-state index contributed by atoms with van der Waals surface area (Å²) in [4.78, 5) is 4.61. The van der Waals surface area contributed by atoms with E-state index in [9.17, 15) is 12.8 Å². The van der Waals surface area contributed by atoms with Crippen LogP contribution in [0.4, 0.5) is 4.39 Å². The molecule has 0 amide bonds. The summed E-state index contributed by atoms with van der Waals surface area (Å²) in [6, 6.07) is 6.78. The van der Waals surface area contributed by atoms with Gasteiger partial charge in [-0.1, -0.05) is 18.2 Å². The minimum absolute atomic E-state index is 0. The SMILES string of the molecule is CCNC(=NCC1(c2ccccc2F)CC1)NC1CCS(=O)(=O)C1.I. The summed E-state index contributed by atoms with van der Waals surface area (Å²) < 4.78 is 37.2. The van der Waals surface area contributed by atoms with E-state index in [4.69, 9.17) is 0 Å². The quantitative estimate of drug-likeness (QED) is 0.385. The first-order valence-corrected chi connectivity index (χ1v) is 10.3. The number of aliphatic imine (C=N–C) groups is 1. The van der Waals surface area contributed by atoms with Gasteiger partial charge in [0.1, 0.15) is 5.82 Å². The minimum Gasteiger partial charge on any atom is -0.357 e. The van der Waals surface area contributed by atoms with Gasteiger partial charge in [0, 0.05) is 18.0 Å². The summed E-state index contributed by atoms with van der Waals surface area (Å²) in [5, 5.41) is 6.36. The highest BCUT2D eigenvalue weighted by atomic mass is 127. The summed E-state index contributed by atoms with van der Waals surface area (Å²) in [5.74, 6) is 0.811. The Labute approximate surface area is 165 Å². The predicted molar refractivity (Wildman–Crippen MR) is 109 cm³/mol. The number of nitrogens with one attached hydrogen (secondary N) is 2. The van der Waals surface area contributed by atoms with E-state index in [-0.39, 0.29) is 52.8 Å². The van der Waals surface area contributed by atoms with Gasteiger partial charge in [-0.15, -0.1) is 24.0 Å². The second-order valence-corrected chi connectivity index (χ2v) is 8.93.